The number of amides is 4. The second kappa shape index (κ2) is 8.02. The van der Waals surface area contributed by atoms with Gasteiger partial charge in [0, 0.05) is 16.8 Å². The summed E-state index contributed by atoms with van der Waals surface area (Å²) in [6.07, 6.45) is -0.117. The van der Waals surface area contributed by atoms with Gasteiger partial charge in [0.2, 0.25) is 5.91 Å². The highest BCUT2D eigenvalue weighted by molar-refractivity contribution is 6.30. The van der Waals surface area contributed by atoms with Gasteiger partial charge in [-0.2, -0.15) is 0 Å². The summed E-state index contributed by atoms with van der Waals surface area (Å²) >= 11 is 5.85. The molecule has 1 unspecified atom stereocenters. The fourth-order valence-corrected chi connectivity index (χ4v) is 3.36. The normalized spacial score (nSPS) is 16.8. The molecule has 1 aliphatic heterocycles. The van der Waals surface area contributed by atoms with Crippen LogP contribution in [0.5, 0.6) is 0 Å². The fourth-order valence-electron chi connectivity index (χ4n) is 3.23. The van der Waals surface area contributed by atoms with E-state index in [1.165, 1.54) is 4.90 Å². The number of nitrogens with zero attached hydrogens (tertiary/aromatic N) is 2. The highest BCUT2D eigenvalue weighted by Gasteiger charge is 2.47. The molecule has 0 aliphatic carbocycles. The Hall–Kier alpha value is -2.86. The average Bonchev–Trinajstić information content (AvgIpc) is 2.88. The fraction of sp³-hybridized carbons (Fsp3) is 0.286. The van der Waals surface area contributed by atoms with Crippen LogP contribution in [0.2, 0.25) is 5.02 Å². The second-order valence-corrected chi connectivity index (χ2v) is 7.50. The summed E-state index contributed by atoms with van der Waals surface area (Å²) in [7, 11) is 0. The van der Waals surface area contributed by atoms with Crippen molar-refractivity contribution < 1.29 is 14.4 Å². The first kappa shape index (κ1) is 19.9. The number of urea groups is 1. The van der Waals surface area contributed by atoms with E-state index in [4.69, 9.17) is 11.6 Å². The molecule has 1 atom stereocenters. The molecule has 28 heavy (non-hydrogen) atoms. The van der Waals surface area contributed by atoms with Crippen LogP contribution in [0.1, 0.15) is 25.8 Å². The second-order valence-electron chi connectivity index (χ2n) is 7.07. The minimum atomic E-state index is -0.846. The van der Waals surface area contributed by atoms with Gasteiger partial charge in [-0.3, -0.25) is 9.59 Å². The first-order chi connectivity index (χ1) is 13.3. The van der Waals surface area contributed by atoms with Crippen molar-refractivity contribution >= 4 is 40.8 Å². The molecule has 1 fully saturated rings. The van der Waals surface area contributed by atoms with Gasteiger partial charge < -0.3 is 10.2 Å². The van der Waals surface area contributed by atoms with Crippen molar-refractivity contribution in [1.29, 1.82) is 0 Å². The Balaban J connectivity index is 1.80. The van der Waals surface area contributed by atoms with Gasteiger partial charge in [-0.25, -0.2) is 9.69 Å². The Morgan fingerprint density at radius 1 is 1.07 bits per heavy atom. The van der Waals surface area contributed by atoms with Crippen LogP contribution in [0.4, 0.5) is 16.2 Å². The molecule has 2 aromatic rings. The minimum Gasteiger partial charge on any atom is -0.326 e. The largest absolute Gasteiger partial charge is 0.332 e. The topological polar surface area (TPSA) is 69.7 Å². The Labute approximate surface area is 169 Å². The zero-order valence-corrected chi connectivity index (χ0v) is 16.7. The number of carbonyl (C=O) groups is 3. The monoisotopic (exact) mass is 399 g/mol. The van der Waals surface area contributed by atoms with Gasteiger partial charge in [-0.1, -0.05) is 29.3 Å². The van der Waals surface area contributed by atoms with E-state index < -0.39 is 18.0 Å². The summed E-state index contributed by atoms with van der Waals surface area (Å²) in [6, 6.07) is 12.4. The maximum atomic E-state index is 13.0. The molecule has 146 valence electrons. The predicted octanol–water partition coefficient (Wildman–Crippen LogP) is 4.22. The third-order valence-electron chi connectivity index (χ3n) is 4.61. The third kappa shape index (κ3) is 4.02. The van der Waals surface area contributed by atoms with E-state index in [1.807, 2.05) is 32.9 Å². The molecule has 1 saturated heterocycles. The van der Waals surface area contributed by atoms with E-state index in [0.29, 0.717) is 16.4 Å². The lowest BCUT2D eigenvalue weighted by molar-refractivity contribution is -0.124. The van der Waals surface area contributed by atoms with Gasteiger partial charge in [0.25, 0.3) is 5.91 Å². The average molecular weight is 400 g/mol. The smallest absolute Gasteiger partial charge is 0.326 e. The molecular formula is C21H22ClN3O3. The first-order valence-corrected chi connectivity index (χ1v) is 9.44. The van der Waals surface area contributed by atoms with Crippen LogP contribution < -0.4 is 10.2 Å². The molecule has 2 aromatic carbocycles. The van der Waals surface area contributed by atoms with Crippen LogP contribution in [0.3, 0.4) is 0 Å². The highest BCUT2D eigenvalue weighted by atomic mass is 35.5. The molecular weight excluding hydrogens is 378 g/mol. The standard InChI is InChI=1S/C21H22ClN3O3/c1-13(2)24-18(12-19(26)23-16-8-6-15(22)7-9-16)20(27)25(21(24)28)17-10-4-14(3)5-11-17/h4-11,13,18H,12H2,1-3H3,(H,23,26). The Morgan fingerprint density at radius 3 is 2.25 bits per heavy atom. The van der Waals surface area contributed by atoms with E-state index in [-0.39, 0.29) is 18.4 Å². The number of rotatable bonds is 5. The van der Waals surface area contributed by atoms with Crippen molar-refractivity contribution in [3.05, 3.63) is 59.1 Å². The Bertz CT molecular complexity index is 894. The van der Waals surface area contributed by atoms with Crippen molar-refractivity contribution in [2.24, 2.45) is 0 Å². The Morgan fingerprint density at radius 2 is 1.68 bits per heavy atom. The molecule has 6 nitrogen and oxygen atoms in total. The van der Waals surface area contributed by atoms with Gasteiger partial charge in [0.1, 0.15) is 6.04 Å². The van der Waals surface area contributed by atoms with E-state index >= 15 is 0 Å². The summed E-state index contributed by atoms with van der Waals surface area (Å²) in [5.74, 6) is -0.737. The minimum absolute atomic E-state index is 0.117. The summed E-state index contributed by atoms with van der Waals surface area (Å²) in [5.41, 5.74) is 2.12. The van der Waals surface area contributed by atoms with E-state index in [9.17, 15) is 14.4 Å². The molecule has 0 saturated carbocycles. The molecule has 1 N–H and O–H groups in total. The van der Waals surface area contributed by atoms with Crippen LogP contribution in [-0.4, -0.2) is 34.8 Å². The maximum absolute atomic E-state index is 13.0. The van der Waals surface area contributed by atoms with Crippen LogP contribution in [0.15, 0.2) is 48.5 Å². The number of halogens is 1. The third-order valence-corrected chi connectivity index (χ3v) is 4.86. The van der Waals surface area contributed by atoms with Gasteiger partial charge >= 0.3 is 6.03 Å². The van der Waals surface area contributed by atoms with Gasteiger partial charge in [-0.15, -0.1) is 0 Å². The van der Waals surface area contributed by atoms with Crippen molar-refractivity contribution in [3.8, 4) is 0 Å². The number of benzene rings is 2. The lowest BCUT2D eigenvalue weighted by atomic mass is 10.1. The van der Waals surface area contributed by atoms with E-state index in [0.717, 1.165) is 10.5 Å². The number of nitrogens with one attached hydrogen (secondary N) is 1. The summed E-state index contributed by atoms with van der Waals surface area (Å²) in [4.78, 5) is 41.1. The predicted molar refractivity (Wildman–Crippen MR) is 110 cm³/mol. The molecule has 0 spiro atoms. The Kier molecular flexibility index (Phi) is 5.70. The SMILES string of the molecule is Cc1ccc(N2C(=O)C(CC(=O)Nc3ccc(Cl)cc3)N(C(C)C)C2=O)cc1. The summed E-state index contributed by atoms with van der Waals surface area (Å²) < 4.78 is 0. The van der Waals surface area contributed by atoms with Crippen molar-refractivity contribution in [1.82, 2.24) is 4.90 Å². The van der Waals surface area contributed by atoms with Crippen LogP contribution in [-0.2, 0) is 9.59 Å². The molecule has 1 aliphatic rings. The zero-order chi connectivity index (χ0) is 20.4. The molecule has 0 aromatic heterocycles. The van der Waals surface area contributed by atoms with Crippen LogP contribution in [0.25, 0.3) is 0 Å². The van der Waals surface area contributed by atoms with Gasteiger partial charge in [-0.05, 0) is 57.2 Å². The maximum Gasteiger partial charge on any atom is 0.332 e. The number of aryl methyl sites for hydroxylation is 1. The van der Waals surface area contributed by atoms with Crippen molar-refractivity contribution in [2.75, 3.05) is 10.2 Å². The number of hydrogen-bond donors (Lipinski definition) is 1. The molecule has 0 radical (unpaired) electrons. The lowest BCUT2D eigenvalue weighted by Gasteiger charge is -2.25. The van der Waals surface area contributed by atoms with E-state index in [1.54, 1.807) is 36.4 Å². The molecule has 7 heteroatoms. The first-order valence-electron chi connectivity index (χ1n) is 9.06. The van der Waals surface area contributed by atoms with E-state index in [2.05, 4.69) is 5.32 Å². The van der Waals surface area contributed by atoms with Gasteiger partial charge in [0.05, 0.1) is 12.1 Å². The number of carbonyl (C=O) groups excluding carboxylic acids is 3. The van der Waals surface area contributed by atoms with Crippen LogP contribution >= 0.6 is 11.6 Å². The number of hydrogen-bond acceptors (Lipinski definition) is 3. The van der Waals surface area contributed by atoms with Crippen LogP contribution in [0, 0.1) is 6.92 Å². The summed E-state index contributed by atoms with van der Waals surface area (Å²) in [6.45, 7) is 5.59. The highest BCUT2D eigenvalue weighted by Crippen LogP contribution is 2.29. The molecule has 4 amide bonds. The lowest BCUT2D eigenvalue weighted by Crippen LogP contribution is -2.42. The van der Waals surface area contributed by atoms with Crippen molar-refractivity contribution in [2.45, 2.75) is 39.3 Å². The van der Waals surface area contributed by atoms with Gasteiger partial charge in [0.15, 0.2) is 0 Å². The van der Waals surface area contributed by atoms with Crippen molar-refractivity contribution in [3.63, 3.8) is 0 Å². The summed E-state index contributed by atoms with van der Waals surface area (Å²) in [5, 5.41) is 3.31. The number of anilines is 2. The molecule has 0 bridgehead atoms. The number of imide groups is 1. The quantitative estimate of drug-likeness (QED) is 0.765. The molecule has 1 heterocycles. The zero-order valence-electron chi connectivity index (χ0n) is 16.0. The molecule has 3 rings (SSSR count).